The van der Waals surface area contributed by atoms with Crippen molar-refractivity contribution in [3.05, 3.63) is 58.5 Å². The lowest BCUT2D eigenvalue weighted by Crippen LogP contribution is -2.29. The Labute approximate surface area is 167 Å². The maximum absolute atomic E-state index is 13.0. The molecule has 0 saturated carbocycles. The van der Waals surface area contributed by atoms with Crippen molar-refractivity contribution in [2.24, 2.45) is 0 Å². The van der Waals surface area contributed by atoms with E-state index in [9.17, 15) is 4.79 Å². The Hall–Kier alpha value is -2.38. The predicted molar refractivity (Wildman–Crippen MR) is 110 cm³/mol. The summed E-state index contributed by atoms with van der Waals surface area (Å²) in [6.07, 6.45) is 3.73. The van der Waals surface area contributed by atoms with Gasteiger partial charge in [-0.1, -0.05) is 29.5 Å². The van der Waals surface area contributed by atoms with Gasteiger partial charge in [0, 0.05) is 18.6 Å². The number of hydrogen-bond donors (Lipinski definition) is 0. The molecule has 1 fully saturated rings. The van der Waals surface area contributed by atoms with Crippen molar-refractivity contribution in [3.8, 4) is 5.75 Å². The van der Waals surface area contributed by atoms with Crippen LogP contribution in [-0.2, 0) is 11.3 Å². The summed E-state index contributed by atoms with van der Waals surface area (Å²) in [6.45, 7) is 3.86. The van der Waals surface area contributed by atoms with Gasteiger partial charge < -0.3 is 9.47 Å². The van der Waals surface area contributed by atoms with Crippen LogP contribution in [0.3, 0.4) is 0 Å². The molecule has 0 aliphatic carbocycles. The molecule has 3 heterocycles. The Morgan fingerprint density at radius 2 is 2.14 bits per heavy atom. The van der Waals surface area contributed by atoms with Crippen LogP contribution in [0.2, 0.25) is 0 Å². The molecule has 1 aliphatic rings. The quantitative estimate of drug-likeness (QED) is 0.346. The maximum atomic E-state index is 13.0. The largest absolute Gasteiger partial charge is 0.493 e. The number of thioether (sulfide) groups is 1. The minimum atomic E-state index is -0.0597. The average Bonchev–Trinajstić information content (AvgIpc) is 3.22. The number of ether oxygens (including phenoxy) is 2. The highest BCUT2D eigenvalue weighted by molar-refractivity contribution is 7.99. The number of hydrogen-bond acceptors (Lipinski definition) is 6. The van der Waals surface area contributed by atoms with Gasteiger partial charge in [-0.2, -0.15) is 0 Å². The van der Waals surface area contributed by atoms with Crippen molar-refractivity contribution >= 4 is 22.8 Å². The van der Waals surface area contributed by atoms with Crippen LogP contribution in [0, 0.1) is 6.92 Å². The van der Waals surface area contributed by atoms with Gasteiger partial charge in [-0.05, 0) is 44.0 Å². The van der Waals surface area contributed by atoms with E-state index in [0.29, 0.717) is 35.1 Å². The summed E-state index contributed by atoms with van der Waals surface area (Å²) in [4.78, 5) is 21.9. The summed E-state index contributed by atoms with van der Waals surface area (Å²) < 4.78 is 13.3. The second kappa shape index (κ2) is 8.75. The zero-order chi connectivity index (χ0) is 19.3. The number of aryl methyl sites for hydroxylation is 1. The van der Waals surface area contributed by atoms with E-state index in [-0.39, 0.29) is 11.7 Å². The van der Waals surface area contributed by atoms with Crippen LogP contribution >= 0.6 is 11.8 Å². The lowest BCUT2D eigenvalue weighted by Gasteiger charge is -2.16. The number of fused-ring (bicyclic) bond motifs is 1. The molecule has 4 rings (SSSR count). The van der Waals surface area contributed by atoms with Gasteiger partial charge in [-0.25, -0.2) is 9.97 Å². The van der Waals surface area contributed by atoms with E-state index in [2.05, 4.69) is 9.97 Å². The minimum Gasteiger partial charge on any atom is -0.493 e. The summed E-state index contributed by atoms with van der Waals surface area (Å²) in [5.74, 6) is 1.53. The fraction of sp³-hybridized carbons (Fsp3) is 0.381. The molecule has 3 aromatic rings. The van der Waals surface area contributed by atoms with Gasteiger partial charge in [0.25, 0.3) is 5.56 Å². The molecule has 6 nitrogen and oxygen atoms in total. The highest BCUT2D eigenvalue weighted by Crippen LogP contribution is 2.21. The Morgan fingerprint density at radius 1 is 1.29 bits per heavy atom. The molecule has 1 atom stereocenters. The van der Waals surface area contributed by atoms with E-state index in [0.717, 1.165) is 25.2 Å². The highest BCUT2D eigenvalue weighted by Gasteiger charge is 2.20. The topological polar surface area (TPSA) is 66.2 Å². The second-order valence-corrected chi connectivity index (χ2v) is 7.89. The molecule has 2 aromatic heterocycles. The number of benzene rings is 1. The standard InChI is InChI=1S/C21H23N3O3S/c1-15-6-8-16(9-7-15)27-12-13-28-21-23-19-18(5-2-10-22-19)20(25)24(21)14-17-4-3-11-26-17/h2,5-10,17H,3-4,11-14H2,1H3. The fourth-order valence-corrected chi connectivity index (χ4v) is 4.04. The zero-order valence-electron chi connectivity index (χ0n) is 15.8. The first-order chi connectivity index (χ1) is 13.7. The van der Waals surface area contributed by atoms with Gasteiger partial charge in [0.2, 0.25) is 0 Å². The molecular weight excluding hydrogens is 374 g/mol. The Bertz CT molecular complexity index is 998. The minimum absolute atomic E-state index is 0.0597. The molecule has 7 heteroatoms. The monoisotopic (exact) mass is 397 g/mol. The van der Waals surface area contributed by atoms with Crippen LogP contribution < -0.4 is 10.3 Å². The average molecular weight is 398 g/mol. The van der Waals surface area contributed by atoms with Gasteiger partial charge in [-0.3, -0.25) is 9.36 Å². The molecule has 0 amide bonds. The van der Waals surface area contributed by atoms with E-state index in [1.54, 1.807) is 22.9 Å². The van der Waals surface area contributed by atoms with E-state index < -0.39 is 0 Å². The molecule has 0 bridgehead atoms. The number of aromatic nitrogens is 3. The van der Waals surface area contributed by atoms with Gasteiger partial charge in [0.1, 0.15) is 5.75 Å². The van der Waals surface area contributed by atoms with Crippen molar-refractivity contribution in [1.82, 2.24) is 14.5 Å². The van der Waals surface area contributed by atoms with Gasteiger partial charge in [0.15, 0.2) is 10.8 Å². The summed E-state index contributed by atoms with van der Waals surface area (Å²) in [5.41, 5.74) is 1.63. The summed E-state index contributed by atoms with van der Waals surface area (Å²) in [7, 11) is 0. The number of nitrogens with zero attached hydrogens (tertiary/aromatic N) is 3. The van der Waals surface area contributed by atoms with Crippen molar-refractivity contribution in [3.63, 3.8) is 0 Å². The van der Waals surface area contributed by atoms with E-state index in [4.69, 9.17) is 9.47 Å². The lowest BCUT2D eigenvalue weighted by molar-refractivity contribution is 0.0937. The Balaban J connectivity index is 1.50. The lowest BCUT2D eigenvalue weighted by atomic mass is 10.2. The highest BCUT2D eigenvalue weighted by atomic mass is 32.2. The molecular formula is C21H23N3O3S. The number of pyridine rings is 1. The summed E-state index contributed by atoms with van der Waals surface area (Å²) >= 11 is 1.51. The first kappa shape index (κ1) is 19.0. The van der Waals surface area contributed by atoms with Crippen LogP contribution in [0.4, 0.5) is 0 Å². The van der Waals surface area contributed by atoms with Gasteiger partial charge in [0.05, 0.1) is 24.6 Å². The van der Waals surface area contributed by atoms with Gasteiger partial charge in [-0.15, -0.1) is 0 Å². The summed E-state index contributed by atoms with van der Waals surface area (Å²) in [6, 6.07) is 11.5. The van der Waals surface area contributed by atoms with Crippen LogP contribution in [0.1, 0.15) is 18.4 Å². The van der Waals surface area contributed by atoms with Crippen molar-refractivity contribution in [2.75, 3.05) is 19.0 Å². The molecule has 1 unspecified atom stereocenters. The van der Waals surface area contributed by atoms with E-state index in [1.807, 2.05) is 31.2 Å². The first-order valence-corrected chi connectivity index (χ1v) is 10.5. The Kier molecular flexibility index (Phi) is 5.92. The Morgan fingerprint density at radius 3 is 2.93 bits per heavy atom. The van der Waals surface area contributed by atoms with Crippen LogP contribution in [0.25, 0.3) is 11.0 Å². The maximum Gasteiger partial charge on any atom is 0.263 e. The third-order valence-electron chi connectivity index (χ3n) is 4.71. The molecule has 0 spiro atoms. The van der Waals surface area contributed by atoms with Crippen molar-refractivity contribution in [2.45, 2.75) is 37.6 Å². The van der Waals surface area contributed by atoms with Crippen LogP contribution in [0.15, 0.2) is 52.5 Å². The molecule has 28 heavy (non-hydrogen) atoms. The smallest absolute Gasteiger partial charge is 0.263 e. The molecule has 1 aromatic carbocycles. The van der Waals surface area contributed by atoms with Crippen LogP contribution in [0.5, 0.6) is 5.75 Å². The summed E-state index contributed by atoms with van der Waals surface area (Å²) in [5, 5.41) is 1.21. The molecule has 0 N–H and O–H groups in total. The first-order valence-electron chi connectivity index (χ1n) is 9.50. The normalized spacial score (nSPS) is 16.5. The van der Waals surface area contributed by atoms with E-state index >= 15 is 0 Å². The zero-order valence-corrected chi connectivity index (χ0v) is 16.7. The molecule has 1 saturated heterocycles. The second-order valence-electron chi connectivity index (χ2n) is 6.83. The third-order valence-corrected chi connectivity index (χ3v) is 5.65. The molecule has 0 radical (unpaired) electrons. The third kappa shape index (κ3) is 4.36. The van der Waals surface area contributed by atoms with Gasteiger partial charge >= 0.3 is 0 Å². The van der Waals surface area contributed by atoms with E-state index in [1.165, 1.54) is 17.3 Å². The van der Waals surface area contributed by atoms with Crippen LogP contribution in [-0.4, -0.2) is 39.6 Å². The van der Waals surface area contributed by atoms with Crippen molar-refractivity contribution < 1.29 is 9.47 Å². The fourth-order valence-electron chi connectivity index (χ4n) is 3.23. The van der Waals surface area contributed by atoms with Crippen molar-refractivity contribution in [1.29, 1.82) is 0 Å². The molecule has 1 aliphatic heterocycles. The molecule has 146 valence electrons. The number of rotatable bonds is 7. The SMILES string of the molecule is Cc1ccc(OCCSc2nc3ncccc3c(=O)n2CC2CCCO2)cc1. The predicted octanol–water partition coefficient (Wildman–Crippen LogP) is 3.45.